The van der Waals surface area contributed by atoms with Crippen LogP contribution in [0.2, 0.25) is 0 Å². The van der Waals surface area contributed by atoms with Crippen molar-refractivity contribution in [2.24, 2.45) is 0 Å². The lowest BCUT2D eigenvalue weighted by atomic mass is 9.87. The zero-order chi connectivity index (χ0) is 17.1. The van der Waals surface area contributed by atoms with E-state index in [1.165, 1.54) is 10.5 Å². The van der Waals surface area contributed by atoms with Crippen molar-refractivity contribution in [3.63, 3.8) is 0 Å². The Balaban J connectivity index is 2.21. The standard InChI is InChI=1S/C20H26O2S/c1-5-20(22,14-21)16-7-6-8-18(13-16)23-17-11-9-15(10-12-17)19(2,3)4/h6-13,21-22H,5,14H2,1-4H3. The predicted octanol–water partition coefficient (Wildman–Crippen LogP) is 4.73. The van der Waals surface area contributed by atoms with Gasteiger partial charge >= 0.3 is 0 Å². The molecule has 0 spiro atoms. The maximum absolute atomic E-state index is 10.5. The van der Waals surface area contributed by atoms with E-state index in [0.29, 0.717) is 6.42 Å². The van der Waals surface area contributed by atoms with E-state index < -0.39 is 5.60 Å². The van der Waals surface area contributed by atoms with Crippen LogP contribution in [-0.2, 0) is 11.0 Å². The molecule has 1 unspecified atom stereocenters. The molecule has 124 valence electrons. The molecule has 0 heterocycles. The smallest absolute Gasteiger partial charge is 0.112 e. The highest BCUT2D eigenvalue weighted by Gasteiger charge is 2.26. The second kappa shape index (κ2) is 7.08. The van der Waals surface area contributed by atoms with Gasteiger partial charge in [-0.2, -0.15) is 0 Å². The second-order valence-electron chi connectivity index (χ2n) is 6.95. The lowest BCUT2D eigenvalue weighted by Gasteiger charge is -2.25. The molecule has 23 heavy (non-hydrogen) atoms. The van der Waals surface area contributed by atoms with Gasteiger partial charge in [-0.15, -0.1) is 0 Å². The molecule has 0 saturated carbocycles. The van der Waals surface area contributed by atoms with Gasteiger partial charge in [-0.1, -0.05) is 63.7 Å². The van der Waals surface area contributed by atoms with Gasteiger partial charge in [0.2, 0.25) is 0 Å². The SMILES string of the molecule is CCC(O)(CO)c1cccc(Sc2ccc(C(C)(C)C)cc2)c1. The Morgan fingerprint density at radius 3 is 2.09 bits per heavy atom. The number of hydrogen-bond donors (Lipinski definition) is 2. The summed E-state index contributed by atoms with van der Waals surface area (Å²) in [5.41, 5.74) is 1.07. The average Bonchev–Trinajstić information content (AvgIpc) is 2.54. The molecule has 0 aliphatic carbocycles. The van der Waals surface area contributed by atoms with Crippen LogP contribution >= 0.6 is 11.8 Å². The summed E-state index contributed by atoms with van der Waals surface area (Å²) >= 11 is 1.67. The topological polar surface area (TPSA) is 40.5 Å². The zero-order valence-corrected chi connectivity index (χ0v) is 15.2. The molecule has 0 fully saturated rings. The van der Waals surface area contributed by atoms with Gasteiger partial charge in [0.05, 0.1) is 6.61 Å². The van der Waals surface area contributed by atoms with Crippen LogP contribution in [0.25, 0.3) is 0 Å². The zero-order valence-electron chi connectivity index (χ0n) is 14.3. The first kappa shape index (κ1) is 18.1. The number of benzene rings is 2. The van der Waals surface area contributed by atoms with Crippen molar-refractivity contribution >= 4 is 11.8 Å². The Bertz CT molecular complexity index is 637. The van der Waals surface area contributed by atoms with Crippen LogP contribution in [0.1, 0.15) is 45.2 Å². The van der Waals surface area contributed by atoms with Crippen LogP contribution in [0.3, 0.4) is 0 Å². The Hall–Kier alpha value is -1.29. The van der Waals surface area contributed by atoms with Crippen LogP contribution in [0.4, 0.5) is 0 Å². The van der Waals surface area contributed by atoms with Crippen molar-refractivity contribution in [3.05, 3.63) is 59.7 Å². The molecule has 3 heteroatoms. The summed E-state index contributed by atoms with van der Waals surface area (Å²) in [7, 11) is 0. The summed E-state index contributed by atoms with van der Waals surface area (Å²) in [4.78, 5) is 2.23. The van der Waals surface area contributed by atoms with Crippen LogP contribution < -0.4 is 0 Å². The molecule has 0 saturated heterocycles. The third-order valence-electron chi connectivity index (χ3n) is 4.17. The van der Waals surface area contributed by atoms with Crippen molar-refractivity contribution in [1.29, 1.82) is 0 Å². The Morgan fingerprint density at radius 1 is 0.913 bits per heavy atom. The highest BCUT2D eigenvalue weighted by atomic mass is 32.2. The molecular weight excluding hydrogens is 304 g/mol. The van der Waals surface area contributed by atoms with Gasteiger partial charge in [0.1, 0.15) is 5.60 Å². The molecule has 0 amide bonds. The maximum atomic E-state index is 10.5. The number of rotatable bonds is 5. The molecule has 0 bridgehead atoms. The molecule has 2 rings (SSSR count). The minimum atomic E-state index is -1.16. The molecular formula is C20H26O2S. The van der Waals surface area contributed by atoms with E-state index in [-0.39, 0.29) is 12.0 Å². The fraction of sp³-hybridized carbons (Fsp3) is 0.400. The van der Waals surface area contributed by atoms with Crippen molar-refractivity contribution in [3.8, 4) is 0 Å². The summed E-state index contributed by atoms with van der Waals surface area (Å²) in [5, 5.41) is 19.9. The van der Waals surface area contributed by atoms with Gasteiger partial charge in [0.15, 0.2) is 0 Å². The van der Waals surface area contributed by atoms with Gasteiger partial charge in [0.25, 0.3) is 0 Å². The van der Waals surface area contributed by atoms with Crippen LogP contribution in [-0.4, -0.2) is 16.8 Å². The van der Waals surface area contributed by atoms with Crippen LogP contribution in [0.15, 0.2) is 58.3 Å². The van der Waals surface area contributed by atoms with E-state index in [1.54, 1.807) is 11.8 Å². The van der Waals surface area contributed by atoms with E-state index in [0.717, 1.165) is 10.5 Å². The molecule has 2 N–H and O–H groups in total. The van der Waals surface area contributed by atoms with Crippen molar-refractivity contribution < 1.29 is 10.2 Å². The van der Waals surface area contributed by atoms with Gasteiger partial charge in [-0.05, 0) is 47.2 Å². The van der Waals surface area contributed by atoms with Crippen molar-refractivity contribution in [1.82, 2.24) is 0 Å². The first-order valence-corrected chi connectivity index (χ1v) is 8.82. The number of aliphatic hydroxyl groups excluding tert-OH is 1. The predicted molar refractivity (Wildman–Crippen MR) is 97.0 cm³/mol. The van der Waals surface area contributed by atoms with E-state index in [2.05, 4.69) is 45.0 Å². The highest BCUT2D eigenvalue weighted by Crippen LogP contribution is 2.33. The van der Waals surface area contributed by atoms with E-state index in [4.69, 9.17) is 0 Å². The normalized spacial score (nSPS) is 14.5. The molecule has 0 aliphatic heterocycles. The lowest BCUT2D eigenvalue weighted by molar-refractivity contribution is -0.0223. The van der Waals surface area contributed by atoms with Crippen molar-refractivity contribution in [2.45, 2.75) is 54.9 Å². The van der Waals surface area contributed by atoms with E-state index >= 15 is 0 Å². The first-order valence-electron chi connectivity index (χ1n) is 8.01. The minimum Gasteiger partial charge on any atom is -0.393 e. The number of hydrogen-bond acceptors (Lipinski definition) is 3. The van der Waals surface area contributed by atoms with Crippen LogP contribution in [0, 0.1) is 0 Å². The summed E-state index contributed by atoms with van der Waals surface area (Å²) in [6.45, 7) is 8.23. The van der Waals surface area contributed by atoms with Gasteiger partial charge in [0, 0.05) is 9.79 Å². The fourth-order valence-corrected chi connectivity index (χ4v) is 3.29. The van der Waals surface area contributed by atoms with E-state index in [9.17, 15) is 10.2 Å². The lowest BCUT2D eigenvalue weighted by Crippen LogP contribution is -2.29. The Kier molecular flexibility index (Phi) is 5.56. The molecule has 2 aromatic carbocycles. The van der Waals surface area contributed by atoms with Gasteiger partial charge < -0.3 is 10.2 Å². The Morgan fingerprint density at radius 2 is 1.57 bits per heavy atom. The quantitative estimate of drug-likeness (QED) is 0.833. The molecule has 2 nitrogen and oxygen atoms in total. The van der Waals surface area contributed by atoms with Gasteiger partial charge in [-0.25, -0.2) is 0 Å². The third kappa shape index (κ3) is 4.37. The Labute approximate surface area is 143 Å². The monoisotopic (exact) mass is 330 g/mol. The van der Waals surface area contributed by atoms with E-state index in [1.807, 2.05) is 31.2 Å². The molecule has 0 radical (unpaired) electrons. The second-order valence-corrected chi connectivity index (χ2v) is 8.09. The first-order chi connectivity index (χ1) is 10.8. The van der Waals surface area contributed by atoms with Crippen molar-refractivity contribution in [2.75, 3.05) is 6.61 Å². The molecule has 0 aliphatic rings. The third-order valence-corrected chi connectivity index (χ3v) is 5.17. The summed E-state index contributed by atoms with van der Waals surface area (Å²) in [6.07, 6.45) is 0.484. The molecule has 1 atom stereocenters. The largest absolute Gasteiger partial charge is 0.393 e. The molecule has 0 aromatic heterocycles. The summed E-state index contributed by atoms with van der Waals surface area (Å²) in [6, 6.07) is 16.4. The summed E-state index contributed by atoms with van der Waals surface area (Å²) in [5.74, 6) is 0. The van der Waals surface area contributed by atoms with Crippen LogP contribution in [0.5, 0.6) is 0 Å². The minimum absolute atomic E-state index is 0.155. The highest BCUT2D eigenvalue weighted by molar-refractivity contribution is 7.99. The average molecular weight is 330 g/mol. The maximum Gasteiger partial charge on any atom is 0.112 e. The number of aliphatic hydroxyl groups is 2. The summed E-state index contributed by atoms with van der Waals surface area (Å²) < 4.78 is 0. The fourth-order valence-electron chi connectivity index (χ4n) is 2.42. The molecule has 2 aromatic rings. The van der Waals surface area contributed by atoms with Gasteiger partial charge in [-0.3, -0.25) is 0 Å².